The summed E-state index contributed by atoms with van der Waals surface area (Å²) in [7, 11) is 0. The Morgan fingerprint density at radius 3 is 2.90 bits per heavy atom. The standard InChI is InChI=1S/C22H31N5O3S/c1-14(2)19-24-26(20(29)17-10-15-7-9-31-21(15)27(17)19)12-18(28)23-16-6-5-8-25(11-16)13-22(3,4)30/h7,9-10,14,16,30H,5-6,8,11-13H2,1-4H3,(H,23,28)/t16-/m1/s1. The zero-order valence-corrected chi connectivity index (χ0v) is 19.4. The van der Waals surface area contributed by atoms with E-state index in [2.05, 4.69) is 15.3 Å². The van der Waals surface area contributed by atoms with Crippen molar-refractivity contribution in [1.82, 2.24) is 24.4 Å². The van der Waals surface area contributed by atoms with Crippen LogP contribution in [-0.4, -0.2) is 61.4 Å². The van der Waals surface area contributed by atoms with E-state index >= 15 is 0 Å². The average Bonchev–Trinajstić information content (AvgIpc) is 3.24. The van der Waals surface area contributed by atoms with E-state index in [0.29, 0.717) is 18.6 Å². The van der Waals surface area contributed by atoms with Crippen LogP contribution in [-0.2, 0) is 11.3 Å². The molecule has 3 aromatic rings. The highest BCUT2D eigenvalue weighted by molar-refractivity contribution is 7.16. The number of carbonyl (C=O) groups excluding carboxylic acids is 1. The fraction of sp³-hybridized carbons (Fsp3) is 0.591. The van der Waals surface area contributed by atoms with E-state index in [1.807, 2.05) is 35.8 Å². The number of nitrogens with zero attached hydrogens (tertiary/aromatic N) is 4. The highest BCUT2D eigenvalue weighted by Gasteiger charge is 2.26. The molecule has 0 bridgehead atoms. The lowest BCUT2D eigenvalue weighted by Gasteiger charge is -2.36. The van der Waals surface area contributed by atoms with Crippen LogP contribution in [0, 0.1) is 0 Å². The van der Waals surface area contributed by atoms with Crippen LogP contribution in [0.15, 0.2) is 22.3 Å². The second kappa shape index (κ2) is 8.37. The third-order valence-corrected chi connectivity index (χ3v) is 6.52. The number of hydrogen-bond acceptors (Lipinski definition) is 6. The smallest absolute Gasteiger partial charge is 0.291 e. The van der Waals surface area contributed by atoms with Crippen molar-refractivity contribution < 1.29 is 9.90 Å². The van der Waals surface area contributed by atoms with Crippen molar-refractivity contribution in [1.29, 1.82) is 0 Å². The molecule has 0 saturated carbocycles. The molecular formula is C22H31N5O3S. The van der Waals surface area contributed by atoms with Crippen molar-refractivity contribution in [2.24, 2.45) is 0 Å². The summed E-state index contributed by atoms with van der Waals surface area (Å²) in [5, 5.41) is 20.7. The number of rotatable bonds is 6. The number of β-amino-alcohol motifs (C(OH)–C–C–N with tert-alkyl or cyclic N) is 1. The first kappa shape index (κ1) is 22.0. The molecule has 0 aliphatic carbocycles. The number of piperidine rings is 1. The zero-order valence-electron chi connectivity index (χ0n) is 18.6. The van der Waals surface area contributed by atoms with Crippen LogP contribution in [0.2, 0.25) is 0 Å². The number of likely N-dealkylation sites (tertiary alicyclic amines) is 1. The summed E-state index contributed by atoms with van der Waals surface area (Å²) in [5.41, 5.74) is -0.464. The molecule has 3 aromatic heterocycles. The Balaban J connectivity index is 1.54. The highest BCUT2D eigenvalue weighted by Crippen LogP contribution is 2.26. The Labute approximate surface area is 185 Å². The molecule has 9 heteroatoms. The molecule has 1 saturated heterocycles. The van der Waals surface area contributed by atoms with E-state index in [1.165, 1.54) is 4.68 Å². The fourth-order valence-electron chi connectivity index (χ4n) is 4.41. The Kier molecular flexibility index (Phi) is 5.93. The maximum Gasteiger partial charge on any atom is 0.291 e. The molecule has 1 aliphatic rings. The topological polar surface area (TPSA) is 91.9 Å². The average molecular weight is 446 g/mol. The molecule has 1 fully saturated rings. The first-order chi connectivity index (χ1) is 14.6. The molecule has 168 valence electrons. The van der Waals surface area contributed by atoms with Crippen LogP contribution >= 0.6 is 11.3 Å². The van der Waals surface area contributed by atoms with Crippen molar-refractivity contribution in [3.63, 3.8) is 0 Å². The molecule has 31 heavy (non-hydrogen) atoms. The molecule has 8 nitrogen and oxygen atoms in total. The first-order valence-electron chi connectivity index (χ1n) is 10.9. The van der Waals surface area contributed by atoms with Gasteiger partial charge in [0.15, 0.2) is 0 Å². The zero-order chi connectivity index (χ0) is 22.3. The van der Waals surface area contributed by atoms with Crippen molar-refractivity contribution in [2.45, 2.75) is 64.6 Å². The normalized spacial score (nSPS) is 18.3. The summed E-state index contributed by atoms with van der Waals surface area (Å²) < 4.78 is 3.22. The minimum Gasteiger partial charge on any atom is -0.389 e. The van der Waals surface area contributed by atoms with Crippen LogP contribution in [0.4, 0.5) is 0 Å². The number of aromatic nitrogens is 3. The van der Waals surface area contributed by atoms with Crippen molar-refractivity contribution in [3.8, 4) is 0 Å². The van der Waals surface area contributed by atoms with Gasteiger partial charge < -0.3 is 10.4 Å². The van der Waals surface area contributed by atoms with Gasteiger partial charge in [-0.15, -0.1) is 11.3 Å². The van der Waals surface area contributed by atoms with Crippen LogP contribution in [0.5, 0.6) is 0 Å². The number of aliphatic hydroxyl groups is 1. The first-order valence-corrected chi connectivity index (χ1v) is 11.7. The third-order valence-electron chi connectivity index (χ3n) is 5.61. The van der Waals surface area contributed by atoms with E-state index in [9.17, 15) is 14.7 Å². The Hall–Kier alpha value is -2.23. The summed E-state index contributed by atoms with van der Waals surface area (Å²) in [5.74, 6) is 0.662. The molecule has 2 N–H and O–H groups in total. The van der Waals surface area contributed by atoms with E-state index in [1.54, 1.807) is 25.2 Å². The van der Waals surface area contributed by atoms with Gasteiger partial charge in [-0.1, -0.05) is 13.8 Å². The molecule has 0 unspecified atom stereocenters. The molecule has 0 spiro atoms. The second-order valence-electron chi connectivity index (χ2n) is 9.48. The van der Waals surface area contributed by atoms with Gasteiger partial charge in [-0.2, -0.15) is 5.10 Å². The number of amides is 1. The monoisotopic (exact) mass is 445 g/mol. The van der Waals surface area contributed by atoms with Gasteiger partial charge >= 0.3 is 0 Å². The minimum absolute atomic E-state index is 0.00578. The number of nitrogens with one attached hydrogen (secondary N) is 1. The number of hydrogen-bond donors (Lipinski definition) is 2. The second-order valence-corrected chi connectivity index (χ2v) is 10.4. The summed E-state index contributed by atoms with van der Waals surface area (Å²) in [6.07, 6.45) is 1.85. The lowest BCUT2D eigenvalue weighted by molar-refractivity contribution is -0.123. The summed E-state index contributed by atoms with van der Waals surface area (Å²) in [4.78, 5) is 29.0. The van der Waals surface area contributed by atoms with E-state index in [4.69, 9.17) is 0 Å². The minimum atomic E-state index is -0.767. The third kappa shape index (κ3) is 4.68. The van der Waals surface area contributed by atoms with Gasteiger partial charge in [0, 0.05) is 30.4 Å². The van der Waals surface area contributed by atoms with E-state index in [-0.39, 0.29) is 30.0 Å². The Bertz CT molecular complexity index is 1150. The van der Waals surface area contributed by atoms with E-state index < -0.39 is 5.60 Å². The lowest BCUT2D eigenvalue weighted by Crippen LogP contribution is -2.51. The molecular weight excluding hydrogens is 414 g/mol. The summed E-state index contributed by atoms with van der Waals surface area (Å²) >= 11 is 1.58. The molecule has 0 radical (unpaired) electrons. The molecule has 4 rings (SSSR count). The summed E-state index contributed by atoms with van der Waals surface area (Å²) in [6, 6.07) is 3.88. The quantitative estimate of drug-likeness (QED) is 0.607. The van der Waals surface area contributed by atoms with Crippen LogP contribution in [0.1, 0.15) is 52.3 Å². The van der Waals surface area contributed by atoms with Gasteiger partial charge in [0.1, 0.15) is 22.7 Å². The SMILES string of the molecule is CC(C)c1nn(CC(=O)N[C@@H]2CCCN(CC(C)(C)O)C2)c(=O)c2cc3ccsc3n12. The van der Waals surface area contributed by atoms with Crippen molar-refractivity contribution in [2.75, 3.05) is 19.6 Å². The van der Waals surface area contributed by atoms with Gasteiger partial charge in [-0.05, 0) is 50.7 Å². The number of thiophene rings is 1. The van der Waals surface area contributed by atoms with Crippen LogP contribution in [0.25, 0.3) is 15.7 Å². The van der Waals surface area contributed by atoms with Crippen LogP contribution < -0.4 is 10.9 Å². The maximum atomic E-state index is 13.1. The Morgan fingerprint density at radius 1 is 1.42 bits per heavy atom. The molecule has 4 heterocycles. The van der Waals surface area contributed by atoms with Crippen molar-refractivity contribution in [3.05, 3.63) is 33.7 Å². The van der Waals surface area contributed by atoms with Gasteiger partial charge in [0.05, 0.1) is 5.60 Å². The van der Waals surface area contributed by atoms with Gasteiger partial charge in [0.2, 0.25) is 5.91 Å². The fourth-order valence-corrected chi connectivity index (χ4v) is 5.31. The lowest BCUT2D eigenvalue weighted by atomic mass is 10.0. The van der Waals surface area contributed by atoms with Crippen molar-refractivity contribution >= 4 is 33.0 Å². The number of fused-ring (bicyclic) bond motifs is 3. The van der Waals surface area contributed by atoms with Gasteiger partial charge in [-0.3, -0.25) is 18.9 Å². The largest absolute Gasteiger partial charge is 0.389 e. The predicted molar refractivity (Wildman–Crippen MR) is 123 cm³/mol. The highest BCUT2D eigenvalue weighted by atomic mass is 32.1. The van der Waals surface area contributed by atoms with Gasteiger partial charge in [0.25, 0.3) is 5.56 Å². The summed E-state index contributed by atoms with van der Waals surface area (Å²) in [6.45, 7) is 9.74. The Morgan fingerprint density at radius 2 is 2.19 bits per heavy atom. The molecule has 1 atom stereocenters. The molecule has 0 aromatic carbocycles. The maximum absolute atomic E-state index is 13.1. The molecule has 1 aliphatic heterocycles. The van der Waals surface area contributed by atoms with E-state index in [0.717, 1.165) is 35.4 Å². The van der Waals surface area contributed by atoms with Gasteiger partial charge in [-0.25, -0.2) is 4.68 Å². The number of carbonyl (C=O) groups is 1. The van der Waals surface area contributed by atoms with Crippen LogP contribution in [0.3, 0.4) is 0 Å². The predicted octanol–water partition coefficient (Wildman–Crippen LogP) is 2.19. The molecule has 1 amide bonds.